The van der Waals surface area contributed by atoms with Crippen molar-refractivity contribution in [1.29, 1.82) is 0 Å². The number of aliphatic hydroxyl groups is 1. The molecule has 0 saturated carbocycles. The van der Waals surface area contributed by atoms with Gasteiger partial charge in [-0.05, 0) is 24.3 Å². The molecule has 0 spiro atoms. The summed E-state index contributed by atoms with van der Waals surface area (Å²) in [5, 5.41) is 8.67. The molecule has 1 aromatic carbocycles. The van der Waals surface area contributed by atoms with E-state index in [1.165, 1.54) is 0 Å². The SMILES string of the molecule is Nc1ccc(N)c(C2=CCOC2=C=NCCO)c1. The lowest BCUT2D eigenvalue weighted by molar-refractivity contribution is 0.285. The highest BCUT2D eigenvalue weighted by Crippen LogP contribution is 2.32. The third kappa shape index (κ3) is 2.53. The average Bonchev–Trinajstić information content (AvgIpc) is 2.81. The van der Waals surface area contributed by atoms with Gasteiger partial charge in [-0.15, -0.1) is 0 Å². The summed E-state index contributed by atoms with van der Waals surface area (Å²) in [7, 11) is 0. The summed E-state index contributed by atoms with van der Waals surface area (Å²) in [6, 6.07) is 5.30. The van der Waals surface area contributed by atoms with Gasteiger partial charge in [0.2, 0.25) is 0 Å². The van der Waals surface area contributed by atoms with E-state index in [0.717, 1.165) is 11.1 Å². The molecule has 2 rings (SSSR count). The molecule has 94 valence electrons. The van der Waals surface area contributed by atoms with Crippen LogP contribution in [0.3, 0.4) is 0 Å². The largest absolute Gasteiger partial charge is 0.480 e. The molecule has 1 aliphatic heterocycles. The van der Waals surface area contributed by atoms with Crippen molar-refractivity contribution in [3.63, 3.8) is 0 Å². The Kier molecular flexibility index (Phi) is 3.67. The molecule has 5 heteroatoms. The lowest BCUT2D eigenvalue weighted by Gasteiger charge is -2.07. The van der Waals surface area contributed by atoms with E-state index < -0.39 is 0 Å². The number of hydrogen-bond acceptors (Lipinski definition) is 5. The first kappa shape index (κ1) is 12.2. The van der Waals surface area contributed by atoms with Crippen molar-refractivity contribution in [2.45, 2.75) is 0 Å². The smallest absolute Gasteiger partial charge is 0.188 e. The number of rotatable bonds is 3. The number of nitrogens with two attached hydrogens (primary N) is 2. The first-order chi connectivity index (χ1) is 8.72. The van der Waals surface area contributed by atoms with Crippen LogP contribution in [0.4, 0.5) is 11.4 Å². The van der Waals surface area contributed by atoms with Crippen molar-refractivity contribution in [1.82, 2.24) is 0 Å². The Bertz CT molecular complexity index is 543. The summed E-state index contributed by atoms with van der Waals surface area (Å²) in [5.74, 6) is 3.30. The van der Waals surface area contributed by atoms with Gasteiger partial charge in [0.05, 0.1) is 13.2 Å². The third-order valence-corrected chi connectivity index (χ3v) is 2.52. The zero-order valence-corrected chi connectivity index (χ0v) is 9.89. The summed E-state index contributed by atoms with van der Waals surface area (Å²) < 4.78 is 5.40. The summed E-state index contributed by atoms with van der Waals surface area (Å²) >= 11 is 0. The number of anilines is 2. The van der Waals surface area contributed by atoms with Crippen LogP contribution < -0.4 is 11.5 Å². The summed E-state index contributed by atoms with van der Waals surface area (Å²) in [4.78, 5) is 3.92. The van der Waals surface area contributed by atoms with Gasteiger partial charge in [0.25, 0.3) is 0 Å². The lowest BCUT2D eigenvalue weighted by atomic mass is 10.0. The van der Waals surface area contributed by atoms with Gasteiger partial charge in [0, 0.05) is 28.4 Å². The van der Waals surface area contributed by atoms with Crippen molar-refractivity contribution in [3.8, 4) is 0 Å². The maximum absolute atomic E-state index is 8.67. The number of benzene rings is 1. The molecule has 18 heavy (non-hydrogen) atoms. The quantitative estimate of drug-likeness (QED) is 0.542. The maximum atomic E-state index is 8.67. The Balaban J connectivity index is 2.38. The van der Waals surface area contributed by atoms with E-state index in [1.807, 2.05) is 6.08 Å². The number of ether oxygens (including phenoxy) is 1. The molecule has 0 fully saturated rings. The van der Waals surface area contributed by atoms with E-state index >= 15 is 0 Å². The van der Waals surface area contributed by atoms with Gasteiger partial charge in [-0.25, -0.2) is 4.99 Å². The second-order valence-corrected chi connectivity index (χ2v) is 3.82. The van der Waals surface area contributed by atoms with Crippen LogP contribution in [-0.2, 0) is 4.74 Å². The minimum absolute atomic E-state index is 0.0141. The predicted octanol–water partition coefficient (Wildman–Crippen LogP) is 0.810. The Morgan fingerprint density at radius 2 is 2.22 bits per heavy atom. The number of aliphatic imine (C=N–C) groups is 1. The van der Waals surface area contributed by atoms with Crippen LogP contribution in [0.25, 0.3) is 5.57 Å². The van der Waals surface area contributed by atoms with Crippen molar-refractivity contribution in [2.24, 2.45) is 4.99 Å². The van der Waals surface area contributed by atoms with Crippen LogP contribution in [0, 0.1) is 0 Å². The summed E-state index contributed by atoms with van der Waals surface area (Å²) in [5.41, 5.74) is 14.6. The van der Waals surface area contributed by atoms with E-state index in [4.69, 9.17) is 21.3 Å². The molecule has 0 amide bonds. The monoisotopic (exact) mass is 245 g/mol. The normalized spacial score (nSPS) is 13.8. The fourth-order valence-electron chi connectivity index (χ4n) is 1.69. The summed E-state index contributed by atoms with van der Waals surface area (Å²) in [6.45, 7) is 0.743. The fraction of sp³-hybridized carbons (Fsp3) is 0.231. The molecule has 1 aromatic rings. The Labute approximate surface area is 105 Å². The molecule has 1 heterocycles. The predicted molar refractivity (Wildman–Crippen MR) is 72.1 cm³/mol. The van der Waals surface area contributed by atoms with E-state index in [2.05, 4.69) is 10.9 Å². The van der Waals surface area contributed by atoms with Crippen LogP contribution in [0.5, 0.6) is 0 Å². The highest BCUT2D eigenvalue weighted by molar-refractivity contribution is 5.92. The van der Waals surface area contributed by atoms with Crippen LogP contribution in [0.2, 0.25) is 0 Å². The van der Waals surface area contributed by atoms with Crippen LogP contribution in [0.1, 0.15) is 5.56 Å². The van der Waals surface area contributed by atoms with E-state index in [-0.39, 0.29) is 6.61 Å². The number of aliphatic hydroxyl groups excluding tert-OH is 1. The van der Waals surface area contributed by atoms with Crippen molar-refractivity contribution in [3.05, 3.63) is 35.6 Å². The molecule has 0 radical (unpaired) electrons. The number of nitrogens with zero attached hydrogens (tertiary/aromatic N) is 1. The molecule has 0 bridgehead atoms. The molecule has 0 atom stereocenters. The minimum Gasteiger partial charge on any atom is -0.480 e. The van der Waals surface area contributed by atoms with E-state index in [9.17, 15) is 0 Å². The van der Waals surface area contributed by atoms with Gasteiger partial charge in [0.1, 0.15) is 6.61 Å². The topological polar surface area (TPSA) is 93.9 Å². The van der Waals surface area contributed by atoms with E-state index in [1.54, 1.807) is 18.2 Å². The van der Waals surface area contributed by atoms with Gasteiger partial charge in [0.15, 0.2) is 5.76 Å². The number of allylic oxidation sites excluding steroid dienone is 1. The Hall–Kier alpha value is -2.23. The minimum atomic E-state index is -0.0141. The van der Waals surface area contributed by atoms with Crippen LogP contribution >= 0.6 is 0 Å². The van der Waals surface area contributed by atoms with Gasteiger partial charge < -0.3 is 21.3 Å². The molecule has 0 saturated heterocycles. The number of nitrogen functional groups attached to an aromatic ring is 2. The second kappa shape index (κ2) is 5.40. The van der Waals surface area contributed by atoms with E-state index in [0.29, 0.717) is 30.3 Å². The Morgan fingerprint density at radius 1 is 1.39 bits per heavy atom. The molecule has 0 aromatic heterocycles. The fourth-order valence-corrected chi connectivity index (χ4v) is 1.69. The highest BCUT2D eigenvalue weighted by atomic mass is 16.5. The molecule has 1 aliphatic rings. The molecule has 5 N–H and O–H groups in total. The van der Waals surface area contributed by atoms with Gasteiger partial charge in [-0.2, -0.15) is 0 Å². The molecule has 5 nitrogen and oxygen atoms in total. The first-order valence-electron chi connectivity index (χ1n) is 5.61. The van der Waals surface area contributed by atoms with Crippen molar-refractivity contribution >= 4 is 22.8 Å². The van der Waals surface area contributed by atoms with Crippen molar-refractivity contribution < 1.29 is 9.84 Å². The van der Waals surface area contributed by atoms with Crippen molar-refractivity contribution in [2.75, 3.05) is 31.2 Å². The standard InChI is InChI=1S/C13H15N3O2/c14-9-1-2-12(15)11(7-9)10-3-6-18-13(10)8-16-4-5-17/h1-3,7,17H,4-6,14-15H2. The molecule has 0 aliphatic carbocycles. The second-order valence-electron chi connectivity index (χ2n) is 3.82. The van der Waals surface area contributed by atoms with Crippen LogP contribution in [0.15, 0.2) is 35.0 Å². The molecular formula is C13H15N3O2. The highest BCUT2D eigenvalue weighted by Gasteiger charge is 2.17. The number of hydrogen-bond donors (Lipinski definition) is 3. The van der Waals surface area contributed by atoms with Crippen LogP contribution in [-0.4, -0.2) is 30.7 Å². The van der Waals surface area contributed by atoms with Gasteiger partial charge in [-0.1, -0.05) is 0 Å². The zero-order chi connectivity index (χ0) is 13.0. The van der Waals surface area contributed by atoms with Gasteiger partial charge >= 0.3 is 0 Å². The summed E-state index contributed by atoms with van der Waals surface area (Å²) in [6.07, 6.45) is 1.90. The average molecular weight is 245 g/mol. The maximum Gasteiger partial charge on any atom is 0.188 e. The lowest BCUT2D eigenvalue weighted by Crippen LogP contribution is -1.97. The Morgan fingerprint density at radius 3 is 3.00 bits per heavy atom. The zero-order valence-electron chi connectivity index (χ0n) is 9.89. The van der Waals surface area contributed by atoms with Gasteiger partial charge in [-0.3, -0.25) is 0 Å². The first-order valence-corrected chi connectivity index (χ1v) is 5.61. The molecular weight excluding hydrogens is 230 g/mol. The molecule has 0 unspecified atom stereocenters. The third-order valence-electron chi connectivity index (χ3n) is 2.52.